The molecule has 0 N–H and O–H groups in total. The van der Waals surface area contributed by atoms with E-state index < -0.39 is 15.6 Å². The number of nitriles is 2. The van der Waals surface area contributed by atoms with Gasteiger partial charge in [-0.3, -0.25) is 0 Å². The Kier molecular flexibility index (Phi) is 28.5. The van der Waals surface area contributed by atoms with E-state index in [9.17, 15) is 50.4 Å². The molecule has 0 unspecified atom stereocenters. The van der Waals surface area contributed by atoms with Gasteiger partial charge in [-0.1, -0.05) is 12.1 Å². The van der Waals surface area contributed by atoms with Gasteiger partial charge in [-0.15, -0.1) is 0 Å². The Morgan fingerprint density at radius 3 is 0.830 bits per heavy atom. The fourth-order valence-electron chi connectivity index (χ4n) is 9.14. The second-order valence-corrected chi connectivity index (χ2v) is 24.6. The minimum absolute atomic E-state index is 0.347. The number of aryl methyl sites for hydroxylation is 4. The van der Waals surface area contributed by atoms with E-state index in [1.54, 1.807) is 12.1 Å². The van der Waals surface area contributed by atoms with Crippen LogP contribution in [0.15, 0.2) is 122 Å². The van der Waals surface area contributed by atoms with Gasteiger partial charge in [0.15, 0.2) is 24.8 Å². The Balaban J connectivity index is 0.000000382. The van der Waals surface area contributed by atoms with Crippen molar-refractivity contribution in [2.24, 2.45) is 14.1 Å². The van der Waals surface area contributed by atoms with Crippen molar-refractivity contribution in [2.75, 3.05) is 106 Å². The first-order chi connectivity index (χ1) is 44.2. The van der Waals surface area contributed by atoms with Gasteiger partial charge in [-0.25, -0.2) is 9.13 Å². The standard InChI is InChI=1S/C48H56O12.C12H14N2.2C2H3N.2F6P/c1-5-39-31-47-37(1)3-7-45(47)46-8-4-38-2-6-40(32-48(38)46)60-34-36-27-43-30-44(28-36)58-24-20-54-16-12-50-10-14-52-18-22-56-42-26-35(33-59-39)25-41(29-42)55-21-17-51-13-9-49-11-15-53-19-23-57-43;1-13-7-3-11(4-8-13)12-5-9-14(2)10-6-12;2*1-2-3;2*1-7(2,3,4,5)6/h1-2,5-6,25-32H,3-4,7-24,33-34H2;3-10H,1-2H3;2*1H3;;/q;+2;;;2*-1/b46-45+;;;;;. The predicted octanol–water partition coefficient (Wildman–Crippen LogP) is 16.1. The van der Waals surface area contributed by atoms with Crippen molar-refractivity contribution in [3.8, 4) is 57.8 Å². The molecule has 6 aromatic rings. The maximum Gasteiger partial charge on any atom is 0.123 e. The summed E-state index contributed by atoms with van der Waals surface area (Å²) in [4.78, 5) is 0. The molecule has 94 heavy (non-hydrogen) atoms. The number of hydrogen-bond acceptors (Lipinski definition) is 14. The van der Waals surface area contributed by atoms with Crippen LogP contribution in [0.3, 0.4) is 0 Å². The molecule has 0 saturated heterocycles. The first kappa shape index (κ1) is 77.2. The molecule has 0 radical (unpaired) electrons. The smallest absolute Gasteiger partial charge is 0.123 e. The van der Waals surface area contributed by atoms with Crippen molar-refractivity contribution in [1.29, 1.82) is 10.5 Å². The predicted molar refractivity (Wildman–Crippen MR) is 329 cm³/mol. The topological polar surface area (TPSA) is 166 Å². The summed E-state index contributed by atoms with van der Waals surface area (Å²) in [5.74, 6) is 4.34. The number of rotatable bonds is 1. The van der Waals surface area contributed by atoms with Crippen LogP contribution in [0, 0.1) is 22.7 Å². The Hall–Kier alpha value is -7.52. The van der Waals surface area contributed by atoms with Crippen LogP contribution in [0.25, 0.3) is 22.3 Å². The van der Waals surface area contributed by atoms with Crippen molar-refractivity contribution in [2.45, 2.75) is 52.7 Å². The van der Waals surface area contributed by atoms with Crippen LogP contribution in [-0.2, 0) is 68.6 Å². The third-order valence-electron chi connectivity index (χ3n) is 12.9. The van der Waals surface area contributed by atoms with Crippen LogP contribution in [0.4, 0.5) is 50.4 Å². The molecule has 10 bridgehead atoms. The summed E-state index contributed by atoms with van der Waals surface area (Å²) >= 11 is 0. The van der Waals surface area contributed by atoms with Crippen LogP contribution in [-0.4, -0.2) is 106 Å². The third-order valence-corrected chi connectivity index (χ3v) is 12.9. The third kappa shape index (κ3) is 34.6. The number of nitrogens with zero attached hydrogens (tertiary/aromatic N) is 4. The zero-order chi connectivity index (χ0) is 68.8. The fourth-order valence-corrected chi connectivity index (χ4v) is 9.14. The molecule has 2 aromatic heterocycles. The van der Waals surface area contributed by atoms with Crippen LogP contribution in [0.2, 0.25) is 0 Å². The van der Waals surface area contributed by atoms with Gasteiger partial charge in [0.25, 0.3) is 0 Å². The molecule has 4 aromatic carbocycles. The minimum atomic E-state index is -10.7. The normalized spacial score (nSPS) is 18.1. The SMILES string of the molecule is CC#N.CC#N.C[n+]1ccc(-c2cc[n+](C)cc2)cc1.F[P-](F)(F)(F)(F)F.F[P-](F)(F)(F)(F)F.c1c2cc3cc1OCCOCCOCCOCCOc1cc(cc(c1)OCCOCCOCCOCCO3)COc1ccc3c(c1)/C(=C1\CCc4ccc(cc41)OC2)CC3. The summed E-state index contributed by atoms with van der Waals surface area (Å²) in [6, 6.07) is 36.7. The summed E-state index contributed by atoms with van der Waals surface area (Å²) in [5, 5.41) is 14.6. The van der Waals surface area contributed by atoms with E-state index >= 15 is 0 Å². The summed E-state index contributed by atoms with van der Waals surface area (Å²) < 4.78 is 194. The number of ether oxygens (including phenoxy) is 12. The van der Waals surface area contributed by atoms with Gasteiger partial charge in [0.2, 0.25) is 0 Å². The minimum Gasteiger partial charge on any atom is -0.491 e. The number of halogens is 12. The van der Waals surface area contributed by atoms with Crippen LogP contribution < -0.4 is 37.6 Å². The number of allylic oxidation sites excluding steroid dienone is 2. The van der Waals surface area contributed by atoms with Crippen molar-refractivity contribution in [3.63, 3.8) is 0 Å². The summed E-state index contributed by atoms with van der Waals surface area (Å²) in [5.41, 5.74) is 12.4. The van der Waals surface area contributed by atoms with Crippen molar-refractivity contribution >= 4 is 26.8 Å². The second-order valence-electron chi connectivity index (χ2n) is 20.7. The maximum absolute atomic E-state index is 10.7. The first-order valence-electron chi connectivity index (χ1n) is 29.4. The number of fused-ring (bicyclic) bond motifs is 6. The number of benzene rings is 4. The van der Waals surface area contributed by atoms with Crippen molar-refractivity contribution in [1.82, 2.24) is 0 Å². The molecule has 4 heterocycles. The molecule has 30 heteroatoms. The Labute approximate surface area is 537 Å². The van der Waals surface area contributed by atoms with E-state index in [4.69, 9.17) is 67.4 Å². The first-order valence-corrected chi connectivity index (χ1v) is 33.4. The molecule has 0 amide bonds. The average molecular weight is 1380 g/mol. The Morgan fingerprint density at radius 1 is 0.330 bits per heavy atom. The molecule has 2 aliphatic carbocycles. The van der Waals surface area contributed by atoms with Gasteiger partial charge < -0.3 is 56.8 Å². The van der Waals surface area contributed by atoms with E-state index in [0.29, 0.717) is 142 Å². The molecule has 16 nitrogen and oxygen atoms in total. The molecule has 2 aliphatic heterocycles. The Bertz CT molecular complexity index is 3160. The fraction of sp³-hybridized carbons (Fsp3) is 0.406. The average Bonchev–Trinajstić information content (AvgIpc) is 1.63. The quantitative estimate of drug-likeness (QED) is 0.0867. The van der Waals surface area contributed by atoms with Gasteiger partial charge >= 0.3 is 66.0 Å². The van der Waals surface area contributed by atoms with Crippen molar-refractivity contribution in [3.05, 3.63) is 155 Å². The van der Waals surface area contributed by atoms with Gasteiger partial charge in [0.05, 0.1) is 91.4 Å². The van der Waals surface area contributed by atoms with Gasteiger partial charge in [0, 0.05) is 50.2 Å². The molecule has 0 atom stereocenters. The van der Waals surface area contributed by atoms with E-state index in [1.807, 2.05) is 59.6 Å². The Morgan fingerprint density at radius 2 is 0.574 bits per heavy atom. The molecular formula is C64H76F12N4O12P2. The molecule has 10 rings (SSSR count). The van der Waals surface area contributed by atoms with E-state index in [-0.39, 0.29) is 0 Å². The van der Waals surface area contributed by atoms with Crippen molar-refractivity contribution < 1.29 is 116 Å². The van der Waals surface area contributed by atoms with Gasteiger partial charge in [-0.2, -0.15) is 10.5 Å². The van der Waals surface area contributed by atoms with Crippen LogP contribution >= 0.6 is 15.6 Å². The van der Waals surface area contributed by atoms with Crippen LogP contribution in [0.5, 0.6) is 34.5 Å². The molecule has 0 saturated carbocycles. The zero-order valence-corrected chi connectivity index (χ0v) is 54.0. The molecule has 0 fully saturated rings. The zero-order valence-electron chi connectivity index (χ0n) is 52.2. The van der Waals surface area contributed by atoms with Gasteiger partial charge in [-0.05, 0) is 130 Å². The maximum atomic E-state index is 9.87. The van der Waals surface area contributed by atoms with E-state index in [1.165, 1.54) is 58.4 Å². The van der Waals surface area contributed by atoms with E-state index in [0.717, 1.165) is 48.3 Å². The monoisotopic (exact) mass is 1380 g/mol. The number of aromatic nitrogens is 2. The summed E-state index contributed by atoms with van der Waals surface area (Å²) in [7, 11) is -17.3. The van der Waals surface area contributed by atoms with Gasteiger partial charge in [0.1, 0.15) is 88.2 Å². The van der Waals surface area contributed by atoms with E-state index in [2.05, 4.69) is 85.5 Å². The number of hydrogen-bond donors (Lipinski definition) is 0. The summed E-state index contributed by atoms with van der Waals surface area (Å²) in [6.45, 7) is 10.3. The summed E-state index contributed by atoms with van der Waals surface area (Å²) in [6.07, 6.45) is 12.2. The molecule has 4 aliphatic rings. The molecule has 518 valence electrons. The number of pyridine rings is 2. The largest absolute Gasteiger partial charge is 0.491 e. The van der Waals surface area contributed by atoms with Crippen LogP contribution in [0.1, 0.15) is 60.1 Å². The molecule has 0 spiro atoms. The molecular weight excluding hydrogens is 1310 g/mol. The second kappa shape index (κ2) is 34.8.